The number of halogens is 4. The molecule has 1 aliphatic heterocycles. The number of benzene rings is 1. The molecule has 33 heavy (non-hydrogen) atoms. The van der Waals surface area contributed by atoms with E-state index in [1.807, 2.05) is 0 Å². The summed E-state index contributed by atoms with van der Waals surface area (Å²) >= 11 is 3.79. The molecular formula is C20H25BrClF2N5O3S. The second kappa shape index (κ2) is 13.0. The van der Waals surface area contributed by atoms with Gasteiger partial charge in [-0.25, -0.2) is 13.6 Å². The number of primary amides is 1. The third-order valence-electron chi connectivity index (χ3n) is 5.08. The van der Waals surface area contributed by atoms with Crippen LogP contribution in [0.25, 0.3) is 0 Å². The molecule has 1 unspecified atom stereocenters. The van der Waals surface area contributed by atoms with Gasteiger partial charge >= 0.3 is 6.03 Å². The Labute approximate surface area is 208 Å². The van der Waals surface area contributed by atoms with Crippen LogP contribution in [0, 0.1) is 17.6 Å². The highest BCUT2D eigenvalue weighted by Gasteiger charge is 2.23. The lowest BCUT2D eigenvalue weighted by atomic mass is 10.0. The molecule has 3 amide bonds. The summed E-state index contributed by atoms with van der Waals surface area (Å²) in [5.74, 6) is -2.00. The van der Waals surface area contributed by atoms with E-state index < -0.39 is 30.2 Å². The second-order valence-electron chi connectivity index (χ2n) is 7.43. The molecule has 0 saturated carbocycles. The zero-order chi connectivity index (χ0) is 23.1. The minimum atomic E-state index is -0.883. The number of aromatic nitrogens is 1. The van der Waals surface area contributed by atoms with E-state index in [1.165, 1.54) is 6.42 Å². The van der Waals surface area contributed by atoms with Crippen molar-refractivity contribution in [3.63, 3.8) is 0 Å². The number of nitrogens with one attached hydrogen (secondary N) is 3. The van der Waals surface area contributed by atoms with E-state index in [1.54, 1.807) is 0 Å². The third kappa shape index (κ3) is 7.76. The van der Waals surface area contributed by atoms with Crippen molar-refractivity contribution in [2.24, 2.45) is 11.7 Å². The zero-order valence-electron chi connectivity index (χ0n) is 17.6. The van der Waals surface area contributed by atoms with Gasteiger partial charge < -0.3 is 21.1 Å². The summed E-state index contributed by atoms with van der Waals surface area (Å²) in [7, 11) is 0. The average molecular weight is 569 g/mol. The predicted molar refractivity (Wildman–Crippen MR) is 128 cm³/mol. The first-order valence-corrected chi connectivity index (χ1v) is 11.7. The first-order chi connectivity index (χ1) is 15.3. The fourth-order valence-electron chi connectivity index (χ4n) is 3.40. The summed E-state index contributed by atoms with van der Waals surface area (Å²) in [4.78, 5) is 24.0. The van der Waals surface area contributed by atoms with Gasteiger partial charge in [0.2, 0.25) is 5.88 Å². The van der Waals surface area contributed by atoms with E-state index in [0.717, 1.165) is 56.0 Å². The van der Waals surface area contributed by atoms with E-state index in [2.05, 4.69) is 36.3 Å². The molecule has 1 saturated heterocycles. The van der Waals surface area contributed by atoms with Crippen LogP contribution in [0.4, 0.5) is 18.6 Å². The Kier molecular flexibility index (Phi) is 10.7. The van der Waals surface area contributed by atoms with Gasteiger partial charge in [-0.15, -0.1) is 12.4 Å². The Morgan fingerprint density at radius 1 is 1.30 bits per heavy atom. The lowest BCUT2D eigenvalue weighted by molar-refractivity contribution is 0.0996. The van der Waals surface area contributed by atoms with Crippen LogP contribution in [-0.2, 0) is 6.61 Å². The van der Waals surface area contributed by atoms with Gasteiger partial charge in [0.1, 0.15) is 28.8 Å². The van der Waals surface area contributed by atoms with E-state index in [4.69, 9.17) is 10.5 Å². The van der Waals surface area contributed by atoms with Crippen LogP contribution < -0.4 is 26.4 Å². The van der Waals surface area contributed by atoms with Crippen LogP contribution >= 0.6 is 39.9 Å². The highest BCUT2D eigenvalue weighted by atomic mass is 79.9. The monoisotopic (exact) mass is 567 g/mol. The summed E-state index contributed by atoms with van der Waals surface area (Å²) < 4.78 is 37.5. The number of carbonyl (C=O) groups is 2. The van der Waals surface area contributed by atoms with E-state index in [9.17, 15) is 18.4 Å². The van der Waals surface area contributed by atoms with Crippen molar-refractivity contribution in [1.82, 2.24) is 15.0 Å². The Hall–Kier alpha value is -2.02. The molecular weight excluding hydrogens is 544 g/mol. The van der Waals surface area contributed by atoms with Crippen LogP contribution in [0.1, 0.15) is 41.6 Å². The van der Waals surface area contributed by atoms with E-state index in [-0.39, 0.29) is 38.9 Å². The minimum absolute atomic E-state index is 0. The minimum Gasteiger partial charge on any atom is -0.471 e. The summed E-state index contributed by atoms with van der Waals surface area (Å²) in [6.07, 6.45) is 4.17. The molecule has 3 rings (SSSR count). The topological polar surface area (TPSA) is 118 Å². The maximum Gasteiger partial charge on any atom is 0.319 e. The molecule has 0 spiro atoms. The van der Waals surface area contributed by atoms with Crippen LogP contribution in [0.3, 0.4) is 0 Å². The van der Waals surface area contributed by atoms with Crippen molar-refractivity contribution in [3.05, 3.63) is 39.4 Å². The standard InChI is InChI=1S/C20H24BrF2N5O3S.ClH/c21-12-7-14(22)13(15(23)8-12)10-31-18-16(17(24)29)19(32-28-18)27-20(30)26-5-2-1-3-11-4-6-25-9-11;/h7-8,11,25H,1-6,9-10H2,(H2,24,29)(H2,26,27,30);1H. The Morgan fingerprint density at radius 2 is 2.03 bits per heavy atom. The lowest BCUT2D eigenvalue weighted by Crippen LogP contribution is -2.30. The van der Waals surface area contributed by atoms with Gasteiger partial charge in [0.05, 0.1) is 5.56 Å². The number of unbranched alkanes of at least 4 members (excludes halogenated alkanes) is 1. The highest BCUT2D eigenvalue weighted by Crippen LogP contribution is 2.31. The average Bonchev–Trinajstić information content (AvgIpc) is 3.37. The Balaban J connectivity index is 0.00000385. The molecule has 13 heteroatoms. The molecule has 1 atom stereocenters. The maximum absolute atomic E-state index is 14.0. The largest absolute Gasteiger partial charge is 0.471 e. The molecule has 1 aromatic carbocycles. The number of hydrogen-bond acceptors (Lipinski definition) is 6. The van der Waals surface area contributed by atoms with E-state index in [0.29, 0.717) is 12.5 Å². The number of urea groups is 1. The summed E-state index contributed by atoms with van der Waals surface area (Å²) in [6.45, 7) is 2.11. The molecule has 2 heterocycles. The van der Waals surface area contributed by atoms with Crippen molar-refractivity contribution < 1.29 is 23.1 Å². The smallest absolute Gasteiger partial charge is 0.319 e. The van der Waals surface area contributed by atoms with Gasteiger partial charge in [-0.1, -0.05) is 22.4 Å². The predicted octanol–water partition coefficient (Wildman–Crippen LogP) is 4.18. The SMILES string of the molecule is Cl.NC(=O)c1c(OCc2c(F)cc(Br)cc2F)nsc1NC(=O)NCCCCC1CCNC1. The summed E-state index contributed by atoms with van der Waals surface area (Å²) in [5, 5.41) is 8.69. The van der Waals surface area contributed by atoms with E-state index >= 15 is 0 Å². The normalized spacial score (nSPS) is 15.1. The number of nitrogens with two attached hydrogens (primary N) is 1. The third-order valence-corrected chi connectivity index (χ3v) is 6.28. The Bertz CT molecular complexity index is 952. The Morgan fingerprint density at radius 3 is 2.67 bits per heavy atom. The molecule has 1 aromatic heterocycles. The first-order valence-electron chi connectivity index (χ1n) is 10.2. The van der Waals surface area contributed by atoms with Crippen LogP contribution in [-0.4, -0.2) is 35.9 Å². The zero-order valence-corrected chi connectivity index (χ0v) is 20.8. The fraction of sp³-hybridized carbons (Fsp3) is 0.450. The van der Waals surface area contributed by atoms with Gasteiger partial charge in [-0.2, -0.15) is 4.37 Å². The van der Waals surface area contributed by atoms with Crippen molar-refractivity contribution in [1.29, 1.82) is 0 Å². The van der Waals surface area contributed by atoms with Gasteiger partial charge in [0.25, 0.3) is 5.91 Å². The molecule has 0 aliphatic carbocycles. The van der Waals surface area contributed by atoms with Crippen LogP contribution in [0.2, 0.25) is 0 Å². The second-order valence-corrected chi connectivity index (χ2v) is 9.12. The molecule has 1 aliphatic rings. The molecule has 5 N–H and O–H groups in total. The number of rotatable bonds is 10. The van der Waals surface area contributed by atoms with Gasteiger partial charge in [-0.3, -0.25) is 10.1 Å². The molecule has 0 bridgehead atoms. The lowest BCUT2D eigenvalue weighted by Gasteiger charge is -2.10. The first kappa shape index (κ1) is 27.2. The number of ether oxygens (including phenoxy) is 1. The molecule has 8 nitrogen and oxygen atoms in total. The number of carbonyl (C=O) groups excluding carboxylic acids is 2. The fourth-order valence-corrected chi connectivity index (χ4v) is 4.53. The quantitative estimate of drug-likeness (QED) is 0.321. The molecule has 182 valence electrons. The number of amides is 3. The van der Waals surface area contributed by atoms with Crippen molar-refractivity contribution in [2.75, 3.05) is 25.0 Å². The molecule has 0 radical (unpaired) electrons. The molecule has 2 aromatic rings. The van der Waals surface area contributed by atoms with Gasteiger partial charge in [-0.05, 0) is 61.9 Å². The number of nitrogens with zero attached hydrogens (tertiary/aromatic N) is 1. The summed E-state index contributed by atoms with van der Waals surface area (Å²) in [5.41, 5.74) is 4.92. The summed E-state index contributed by atoms with van der Waals surface area (Å²) in [6, 6.07) is 1.69. The van der Waals surface area contributed by atoms with Crippen molar-refractivity contribution in [2.45, 2.75) is 32.3 Å². The van der Waals surface area contributed by atoms with Crippen molar-refractivity contribution in [3.8, 4) is 5.88 Å². The van der Waals surface area contributed by atoms with Crippen LogP contribution in [0.5, 0.6) is 5.88 Å². The number of hydrogen-bond donors (Lipinski definition) is 4. The maximum atomic E-state index is 14.0. The van der Waals surface area contributed by atoms with Gasteiger partial charge in [0, 0.05) is 11.0 Å². The van der Waals surface area contributed by atoms with Crippen molar-refractivity contribution >= 4 is 56.8 Å². The number of anilines is 1. The van der Waals surface area contributed by atoms with Gasteiger partial charge in [0.15, 0.2) is 0 Å². The molecule has 1 fully saturated rings. The van der Waals surface area contributed by atoms with Crippen LogP contribution in [0.15, 0.2) is 16.6 Å². The highest BCUT2D eigenvalue weighted by molar-refractivity contribution is 9.10.